The van der Waals surface area contributed by atoms with Crippen molar-refractivity contribution in [3.63, 3.8) is 0 Å². The predicted octanol–water partition coefficient (Wildman–Crippen LogP) is 3.46. The lowest BCUT2D eigenvalue weighted by molar-refractivity contribution is -0.138. The molecular formula is C15H22ClNO2. The maximum absolute atomic E-state index is 10.8. The molecular weight excluding hydrogens is 262 g/mol. The summed E-state index contributed by atoms with van der Waals surface area (Å²) in [5, 5.41) is 9.63. The Morgan fingerprint density at radius 3 is 2.32 bits per heavy atom. The summed E-state index contributed by atoms with van der Waals surface area (Å²) in [6.07, 6.45) is 1.08. The number of carboxylic acid groups (broad SMARTS) is 1. The maximum atomic E-state index is 10.8. The van der Waals surface area contributed by atoms with Crippen molar-refractivity contribution < 1.29 is 9.90 Å². The van der Waals surface area contributed by atoms with Crippen LogP contribution in [0.5, 0.6) is 0 Å². The van der Waals surface area contributed by atoms with Crippen molar-refractivity contribution >= 4 is 17.6 Å². The van der Waals surface area contributed by atoms with E-state index in [-0.39, 0.29) is 12.5 Å². The van der Waals surface area contributed by atoms with Gasteiger partial charge in [-0.15, -0.1) is 0 Å². The molecule has 0 spiro atoms. The number of carbonyl (C=O) groups is 1. The van der Waals surface area contributed by atoms with E-state index in [2.05, 4.69) is 18.7 Å². The lowest BCUT2D eigenvalue weighted by Crippen LogP contribution is -2.42. The molecule has 3 nitrogen and oxygen atoms in total. The number of hydrogen-bond donors (Lipinski definition) is 1. The largest absolute Gasteiger partial charge is 0.481 e. The third-order valence-corrected chi connectivity index (χ3v) is 3.66. The molecule has 0 saturated heterocycles. The molecule has 1 aromatic carbocycles. The van der Waals surface area contributed by atoms with Crippen LogP contribution < -0.4 is 0 Å². The Hall–Kier alpha value is -1.06. The first kappa shape index (κ1) is 16.0. The molecule has 0 aliphatic rings. The molecule has 19 heavy (non-hydrogen) atoms. The van der Waals surface area contributed by atoms with E-state index in [1.54, 1.807) is 0 Å². The van der Waals surface area contributed by atoms with E-state index >= 15 is 0 Å². The number of aliphatic carboxylic acids is 1. The topological polar surface area (TPSA) is 40.5 Å². The normalized spacial score (nSPS) is 14.4. The summed E-state index contributed by atoms with van der Waals surface area (Å²) in [6.45, 7) is 7.02. The fourth-order valence-corrected chi connectivity index (χ4v) is 2.63. The third kappa shape index (κ3) is 5.21. The Labute approximate surface area is 120 Å². The van der Waals surface area contributed by atoms with Gasteiger partial charge in [-0.2, -0.15) is 0 Å². The first-order valence-electron chi connectivity index (χ1n) is 6.66. The van der Waals surface area contributed by atoms with Gasteiger partial charge in [0, 0.05) is 17.1 Å². The van der Waals surface area contributed by atoms with Crippen molar-refractivity contribution in [1.82, 2.24) is 4.90 Å². The van der Waals surface area contributed by atoms with Crippen molar-refractivity contribution in [2.45, 2.75) is 45.7 Å². The minimum atomic E-state index is -0.746. The highest BCUT2D eigenvalue weighted by atomic mass is 35.5. The molecule has 1 rings (SSSR count). The summed E-state index contributed by atoms with van der Waals surface area (Å²) in [7, 11) is 0. The first-order valence-corrected chi connectivity index (χ1v) is 7.03. The molecule has 0 radical (unpaired) electrons. The van der Waals surface area contributed by atoms with Crippen molar-refractivity contribution in [2.75, 3.05) is 6.54 Å². The fourth-order valence-electron chi connectivity index (χ4n) is 2.51. The van der Waals surface area contributed by atoms with Gasteiger partial charge in [-0.1, -0.05) is 30.7 Å². The zero-order valence-electron chi connectivity index (χ0n) is 11.8. The zero-order valence-corrected chi connectivity index (χ0v) is 12.5. The highest BCUT2D eigenvalue weighted by molar-refractivity contribution is 6.30. The van der Waals surface area contributed by atoms with Crippen molar-refractivity contribution in [3.8, 4) is 0 Å². The summed E-state index contributed by atoms with van der Waals surface area (Å²) in [4.78, 5) is 13.0. The Bertz CT molecular complexity index is 405. The molecule has 1 N–H and O–H groups in total. The second-order valence-electron chi connectivity index (χ2n) is 4.96. The van der Waals surface area contributed by atoms with Crippen molar-refractivity contribution in [3.05, 3.63) is 34.9 Å². The summed E-state index contributed by atoms with van der Waals surface area (Å²) in [6, 6.07) is 8.18. The second kappa shape index (κ2) is 7.51. The molecule has 0 saturated carbocycles. The minimum absolute atomic E-state index is 0.0461. The van der Waals surface area contributed by atoms with Crippen LogP contribution in [0.1, 0.15) is 32.8 Å². The number of carboxylic acids is 1. The lowest BCUT2D eigenvalue weighted by atomic mass is 10.0. The maximum Gasteiger partial charge on any atom is 0.304 e. The summed E-state index contributed by atoms with van der Waals surface area (Å²) in [5.41, 5.74) is 1.22. The Balaban J connectivity index is 2.65. The van der Waals surface area contributed by atoms with E-state index in [1.165, 1.54) is 5.56 Å². The number of nitrogens with zero attached hydrogens (tertiary/aromatic N) is 1. The molecule has 0 bridgehead atoms. The monoisotopic (exact) mass is 283 g/mol. The summed E-state index contributed by atoms with van der Waals surface area (Å²) >= 11 is 5.87. The van der Waals surface area contributed by atoms with Crippen LogP contribution in [0.4, 0.5) is 0 Å². The number of rotatable bonds is 7. The molecule has 0 aliphatic carbocycles. The second-order valence-corrected chi connectivity index (χ2v) is 5.39. The van der Waals surface area contributed by atoms with Crippen LogP contribution in [0, 0.1) is 0 Å². The molecule has 2 unspecified atom stereocenters. The smallest absolute Gasteiger partial charge is 0.304 e. The van der Waals surface area contributed by atoms with Crippen LogP contribution in [0.3, 0.4) is 0 Å². The lowest BCUT2D eigenvalue weighted by Gasteiger charge is -2.33. The average molecular weight is 284 g/mol. The van der Waals surface area contributed by atoms with E-state index in [9.17, 15) is 4.79 Å². The number of hydrogen-bond acceptors (Lipinski definition) is 2. The van der Waals surface area contributed by atoms with Crippen LogP contribution in [-0.4, -0.2) is 34.6 Å². The van der Waals surface area contributed by atoms with Gasteiger partial charge in [0.2, 0.25) is 0 Å². The van der Waals surface area contributed by atoms with E-state index in [0.29, 0.717) is 6.04 Å². The molecule has 1 aromatic rings. The molecule has 106 valence electrons. The highest BCUT2D eigenvalue weighted by Crippen LogP contribution is 2.16. The fraction of sp³-hybridized carbons (Fsp3) is 0.533. The van der Waals surface area contributed by atoms with Gasteiger partial charge in [0.05, 0.1) is 6.42 Å². The molecule has 0 aromatic heterocycles. The van der Waals surface area contributed by atoms with Gasteiger partial charge >= 0.3 is 5.97 Å². The van der Waals surface area contributed by atoms with Crippen LogP contribution in [0.25, 0.3) is 0 Å². The number of halogens is 1. The average Bonchev–Trinajstić information content (AvgIpc) is 2.32. The number of benzene rings is 1. The van der Waals surface area contributed by atoms with Gasteiger partial charge in [0.25, 0.3) is 0 Å². The van der Waals surface area contributed by atoms with E-state index in [0.717, 1.165) is 18.0 Å². The minimum Gasteiger partial charge on any atom is -0.481 e. The van der Waals surface area contributed by atoms with Gasteiger partial charge in [0.1, 0.15) is 0 Å². The molecule has 0 heterocycles. The van der Waals surface area contributed by atoms with E-state index in [4.69, 9.17) is 16.7 Å². The van der Waals surface area contributed by atoms with Gasteiger partial charge in [-0.3, -0.25) is 9.69 Å². The van der Waals surface area contributed by atoms with E-state index < -0.39 is 5.97 Å². The first-order chi connectivity index (χ1) is 8.93. The van der Waals surface area contributed by atoms with Gasteiger partial charge in [0.15, 0.2) is 0 Å². The molecule has 0 amide bonds. The predicted molar refractivity (Wildman–Crippen MR) is 78.7 cm³/mol. The SMILES string of the molecule is CCN(C(C)CC(=O)O)C(C)Cc1ccc(Cl)cc1. The van der Waals surface area contributed by atoms with Crippen LogP contribution in [0.15, 0.2) is 24.3 Å². The molecule has 2 atom stereocenters. The van der Waals surface area contributed by atoms with E-state index in [1.807, 2.05) is 31.2 Å². The molecule has 0 aliphatic heterocycles. The standard InChI is InChI=1S/C15H22ClNO2/c1-4-17(12(3)10-15(18)19)11(2)9-13-5-7-14(16)8-6-13/h5-8,11-12H,4,9-10H2,1-3H3,(H,18,19). The van der Waals surface area contributed by atoms with Gasteiger partial charge in [-0.25, -0.2) is 0 Å². The Kier molecular flexibility index (Phi) is 6.32. The summed E-state index contributed by atoms with van der Waals surface area (Å²) < 4.78 is 0. The third-order valence-electron chi connectivity index (χ3n) is 3.41. The zero-order chi connectivity index (χ0) is 14.4. The number of likely N-dealkylation sites (N-methyl/N-ethyl adjacent to an activating group) is 1. The summed E-state index contributed by atoms with van der Waals surface area (Å²) in [5.74, 6) is -0.746. The van der Waals surface area contributed by atoms with Gasteiger partial charge in [-0.05, 0) is 44.5 Å². The van der Waals surface area contributed by atoms with Gasteiger partial charge < -0.3 is 5.11 Å². The quantitative estimate of drug-likeness (QED) is 0.833. The van der Waals surface area contributed by atoms with Crippen LogP contribution in [-0.2, 0) is 11.2 Å². The van der Waals surface area contributed by atoms with Crippen molar-refractivity contribution in [1.29, 1.82) is 0 Å². The Morgan fingerprint density at radius 1 is 1.26 bits per heavy atom. The molecule has 0 fully saturated rings. The van der Waals surface area contributed by atoms with Crippen molar-refractivity contribution in [2.24, 2.45) is 0 Å². The molecule has 4 heteroatoms. The van der Waals surface area contributed by atoms with Crippen LogP contribution in [0.2, 0.25) is 5.02 Å². The Morgan fingerprint density at radius 2 is 1.84 bits per heavy atom. The van der Waals surface area contributed by atoms with Crippen LogP contribution >= 0.6 is 11.6 Å². The highest BCUT2D eigenvalue weighted by Gasteiger charge is 2.20.